The normalized spacial score (nSPS) is 12.5. The number of anilines is 1. The van der Waals surface area contributed by atoms with E-state index in [9.17, 15) is 12.8 Å². The molecule has 0 radical (unpaired) electrons. The minimum atomic E-state index is -3.96. The second kappa shape index (κ2) is 7.22. The minimum absolute atomic E-state index is 0.365. The van der Waals surface area contributed by atoms with Gasteiger partial charge in [0, 0.05) is 27.8 Å². The molecule has 0 unspecified atom stereocenters. The number of rotatable bonds is 5. The Morgan fingerprint density at radius 2 is 1.79 bits per heavy atom. The van der Waals surface area contributed by atoms with Gasteiger partial charge in [0.25, 0.3) is 0 Å². The van der Waals surface area contributed by atoms with E-state index in [1.165, 1.54) is 23.3 Å². The molecule has 0 saturated carbocycles. The van der Waals surface area contributed by atoms with Gasteiger partial charge >= 0.3 is 0 Å². The molecule has 1 aromatic heterocycles. The molecule has 0 aliphatic rings. The highest BCUT2D eigenvalue weighted by Crippen LogP contribution is 2.24. The predicted molar refractivity (Wildman–Crippen MR) is 112 cm³/mol. The number of nitrogens with one attached hydrogen (secondary N) is 3. The lowest BCUT2D eigenvalue weighted by Crippen LogP contribution is -2.40. The van der Waals surface area contributed by atoms with Crippen LogP contribution in [0.3, 0.4) is 0 Å². The minimum Gasteiger partial charge on any atom is -0.379 e. The number of hydrogen-bond acceptors (Lipinski definition) is 3. The first-order valence-electron chi connectivity index (χ1n) is 9.11. The summed E-state index contributed by atoms with van der Waals surface area (Å²) in [6.45, 7) is 9.76. The van der Waals surface area contributed by atoms with Gasteiger partial charge in [0.05, 0.1) is 6.54 Å². The van der Waals surface area contributed by atoms with Crippen molar-refractivity contribution >= 4 is 26.6 Å². The number of aromatic amines is 1. The third-order valence-electron chi connectivity index (χ3n) is 4.54. The van der Waals surface area contributed by atoms with Gasteiger partial charge in [0.1, 0.15) is 10.7 Å². The molecule has 5 nitrogen and oxygen atoms in total. The molecule has 0 amide bonds. The lowest BCUT2D eigenvalue weighted by atomic mass is 10.1. The Kier molecular flexibility index (Phi) is 5.25. The van der Waals surface area contributed by atoms with Crippen LogP contribution >= 0.6 is 0 Å². The summed E-state index contributed by atoms with van der Waals surface area (Å²) in [5, 5.41) is 4.33. The van der Waals surface area contributed by atoms with Crippen LogP contribution in [0.2, 0.25) is 0 Å². The van der Waals surface area contributed by atoms with Crippen molar-refractivity contribution in [1.29, 1.82) is 0 Å². The number of aromatic nitrogens is 1. The second-order valence-electron chi connectivity index (χ2n) is 8.12. The van der Waals surface area contributed by atoms with Crippen LogP contribution in [0.25, 0.3) is 10.9 Å². The lowest BCUT2D eigenvalue weighted by molar-refractivity contribution is 0.486. The Hall–Kier alpha value is -2.38. The first kappa shape index (κ1) is 20.4. The predicted octanol–water partition coefficient (Wildman–Crippen LogP) is 4.61. The van der Waals surface area contributed by atoms with Crippen LogP contribution in [0.4, 0.5) is 10.1 Å². The fourth-order valence-corrected chi connectivity index (χ4v) is 4.61. The van der Waals surface area contributed by atoms with Crippen molar-refractivity contribution in [2.75, 3.05) is 5.32 Å². The fraction of sp³-hybridized carbons (Fsp3) is 0.333. The topological polar surface area (TPSA) is 74.0 Å². The van der Waals surface area contributed by atoms with Crippen molar-refractivity contribution in [3.05, 3.63) is 59.0 Å². The van der Waals surface area contributed by atoms with E-state index in [2.05, 4.69) is 41.0 Å². The SMILES string of the molecule is Cc1ccc2[nH]c(CNc3ccc(F)c(S(=O)(=O)NC(C)(C)C)c3)cc2c1C. The zero-order valence-electron chi connectivity index (χ0n) is 16.8. The van der Waals surface area contributed by atoms with E-state index in [4.69, 9.17) is 0 Å². The van der Waals surface area contributed by atoms with Gasteiger partial charge in [-0.05, 0) is 76.1 Å². The quantitative estimate of drug-likeness (QED) is 0.582. The first-order valence-corrected chi connectivity index (χ1v) is 10.6. The van der Waals surface area contributed by atoms with Gasteiger partial charge in [-0.2, -0.15) is 0 Å². The number of benzene rings is 2. The molecule has 150 valence electrons. The Balaban J connectivity index is 1.83. The van der Waals surface area contributed by atoms with E-state index in [0.29, 0.717) is 12.2 Å². The maximum Gasteiger partial charge on any atom is 0.244 e. The Labute approximate surface area is 165 Å². The van der Waals surface area contributed by atoms with Crippen molar-refractivity contribution in [2.45, 2.75) is 51.6 Å². The van der Waals surface area contributed by atoms with Crippen molar-refractivity contribution in [3.8, 4) is 0 Å². The summed E-state index contributed by atoms with van der Waals surface area (Å²) in [6.07, 6.45) is 0. The Bertz CT molecular complexity index is 1130. The van der Waals surface area contributed by atoms with Crippen LogP contribution in [0, 0.1) is 19.7 Å². The fourth-order valence-electron chi connectivity index (χ4n) is 3.09. The van der Waals surface area contributed by atoms with E-state index in [1.807, 2.05) is 6.07 Å². The van der Waals surface area contributed by atoms with Crippen molar-refractivity contribution in [2.24, 2.45) is 0 Å². The van der Waals surface area contributed by atoms with E-state index in [0.717, 1.165) is 22.7 Å². The number of aryl methyl sites for hydroxylation is 2. The lowest BCUT2D eigenvalue weighted by Gasteiger charge is -2.21. The smallest absolute Gasteiger partial charge is 0.244 e. The molecule has 3 aromatic rings. The monoisotopic (exact) mass is 403 g/mol. The van der Waals surface area contributed by atoms with Gasteiger partial charge in [-0.3, -0.25) is 0 Å². The summed E-state index contributed by atoms with van der Waals surface area (Å²) in [5.41, 5.74) is 4.30. The maximum absolute atomic E-state index is 14.2. The molecule has 3 N–H and O–H groups in total. The Morgan fingerprint density at radius 1 is 1.07 bits per heavy atom. The highest BCUT2D eigenvalue weighted by Gasteiger charge is 2.25. The summed E-state index contributed by atoms with van der Waals surface area (Å²) in [6, 6.07) is 10.2. The average Bonchev–Trinajstić information content (AvgIpc) is 2.99. The molecule has 0 saturated heterocycles. The number of halogens is 1. The zero-order chi connectivity index (χ0) is 20.7. The zero-order valence-corrected chi connectivity index (χ0v) is 17.6. The number of hydrogen-bond donors (Lipinski definition) is 3. The maximum atomic E-state index is 14.2. The highest BCUT2D eigenvalue weighted by molar-refractivity contribution is 7.89. The molecule has 0 spiro atoms. The van der Waals surface area contributed by atoms with Gasteiger partial charge in [-0.25, -0.2) is 17.5 Å². The first-order chi connectivity index (χ1) is 13.0. The number of sulfonamides is 1. The number of H-pyrrole nitrogens is 1. The molecule has 1 heterocycles. The number of fused-ring (bicyclic) bond motifs is 1. The van der Waals surface area contributed by atoms with E-state index in [-0.39, 0.29) is 4.90 Å². The summed E-state index contributed by atoms with van der Waals surface area (Å²) < 4.78 is 41.6. The third-order valence-corrected chi connectivity index (χ3v) is 6.32. The summed E-state index contributed by atoms with van der Waals surface area (Å²) in [7, 11) is -3.96. The second-order valence-corrected chi connectivity index (χ2v) is 9.77. The van der Waals surface area contributed by atoms with Gasteiger partial charge in [0.15, 0.2) is 0 Å². The van der Waals surface area contributed by atoms with Crippen LogP contribution < -0.4 is 10.0 Å². The average molecular weight is 404 g/mol. The van der Waals surface area contributed by atoms with Crippen molar-refractivity contribution < 1.29 is 12.8 Å². The van der Waals surface area contributed by atoms with Crippen LogP contribution in [0.1, 0.15) is 37.6 Å². The summed E-state index contributed by atoms with van der Waals surface area (Å²) in [5.74, 6) is -0.779. The molecule has 0 fully saturated rings. The standard InChI is InChI=1S/C21H26FN3O2S/c1-13-6-9-19-17(14(13)2)10-16(24-19)12-23-15-7-8-18(22)20(11-15)28(26,27)25-21(3,4)5/h6-11,23-25H,12H2,1-5H3. The molecule has 7 heteroatoms. The Morgan fingerprint density at radius 3 is 2.46 bits per heavy atom. The van der Waals surface area contributed by atoms with Gasteiger partial charge in [0.2, 0.25) is 10.0 Å². The van der Waals surface area contributed by atoms with E-state index in [1.54, 1.807) is 20.8 Å². The molecule has 28 heavy (non-hydrogen) atoms. The summed E-state index contributed by atoms with van der Waals surface area (Å²) >= 11 is 0. The molecule has 3 rings (SSSR count). The van der Waals surface area contributed by atoms with E-state index < -0.39 is 21.4 Å². The molecular formula is C21H26FN3O2S. The van der Waals surface area contributed by atoms with Crippen LogP contribution in [0.5, 0.6) is 0 Å². The van der Waals surface area contributed by atoms with Crippen LogP contribution in [-0.2, 0) is 16.6 Å². The molecule has 0 atom stereocenters. The van der Waals surface area contributed by atoms with E-state index >= 15 is 0 Å². The van der Waals surface area contributed by atoms with Gasteiger partial charge in [-0.15, -0.1) is 0 Å². The molecule has 0 aliphatic heterocycles. The van der Waals surface area contributed by atoms with Crippen LogP contribution in [0.15, 0.2) is 41.3 Å². The third kappa shape index (κ3) is 4.36. The van der Waals surface area contributed by atoms with Gasteiger partial charge in [-0.1, -0.05) is 6.07 Å². The molecule has 0 bridgehead atoms. The largest absolute Gasteiger partial charge is 0.379 e. The molecule has 2 aromatic carbocycles. The summed E-state index contributed by atoms with van der Waals surface area (Å²) in [4.78, 5) is 2.99. The molecule has 0 aliphatic carbocycles. The highest BCUT2D eigenvalue weighted by atomic mass is 32.2. The van der Waals surface area contributed by atoms with Crippen LogP contribution in [-0.4, -0.2) is 18.9 Å². The molecular weight excluding hydrogens is 377 g/mol. The van der Waals surface area contributed by atoms with Gasteiger partial charge < -0.3 is 10.3 Å². The van der Waals surface area contributed by atoms with Crippen molar-refractivity contribution in [1.82, 2.24) is 9.71 Å². The van der Waals surface area contributed by atoms with Crippen molar-refractivity contribution in [3.63, 3.8) is 0 Å².